The van der Waals surface area contributed by atoms with E-state index in [4.69, 9.17) is 0 Å². The van der Waals surface area contributed by atoms with Gasteiger partial charge in [-0.15, -0.1) is 23.7 Å². The van der Waals surface area contributed by atoms with Crippen LogP contribution in [0.4, 0.5) is 0 Å². The van der Waals surface area contributed by atoms with E-state index in [9.17, 15) is 4.79 Å². The van der Waals surface area contributed by atoms with Crippen LogP contribution in [0.5, 0.6) is 0 Å². The number of halogens is 1. The highest BCUT2D eigenvalue weighted by atomic mass is 35.5. The predicted molar refractivity (Wildman–Crippen MR) is 96.8 cm³/mol. The molecule has 1 aromatic carbocycles. The minimum Gasteiger partial charge on any atom is -0.349 e. The first-order valence-corrected chi connectivity index (χ1v) is 8.87. The van der Waals surface area contributed by atoms with Crippen LogP contribution in [0.2, 0.25) is 0 Å². The molecule has 0 radical (unpaired) electrons. The Morgan fingerprint density at radius 2 is 2.04 bits per heavy atom. The van der Waals surface area contributed by atoms with Crippen molar-refractivity contribution in [1.82, 2.24) is 10.6 Å². The second-order valence-electron chi connectivity index (χ2n) is 6.14. The van der Waals surface area contributed by atoms with Crippen molar-refractivity contribution in [3.05, 3.63) is 57.3 Å². The summed E-state index contributed by atoms with van der Waals surface area (Å²) in [4.78, 5) is 13.4. The molecule has 23 heavy (non-hydrogen) atoms. The van der Waals surface area contributed by atoms with Gasteiger partial charge in [-0.1, -0.05) is 24.3 Å². The van der Waals surface area contributed by atoms with Crippen LogP contribution in [0.3, 0.4) is 0 Å². The van der Waals surface area contributed by atoms with Crippen molar-refractivity contribution >= 4 is 29.7 Å². The number of thiophene rings is 1. The lowest BCUT2D eigenvalue weighted by atomic mass is 9.94. The molecule has 1 amide bonds. The molecular formula is C18H21ClN2OS. The van der Waals surface area contributed by atoms with E-state index >= 15 is 0 Å². The maximum absolute atomic E-state index is 12.5. The van der Waals surface area contributed by atoms with E-state index in [0.29, 0.717) is 12.5 Å². The van der Waals surface area contributed by atoms with Gasteiger partial charge in [0.15, 0.2) is 0 Å². The number of hydrogen-bond acceptors (Lipinski definition) is 3. The topological polar surface area (TPSA) is 41.1 Å². The van der Waals surface area contributed by atoms with Gasteiger partial charge in [0.25, 0.3) is 5.91 Å². The average molecular weight is 349 g/mol. The summed E-state index contributed by atoms with van der Waals surface area (Å²) in [7, 11) is 0. The number of benzene rings is 1. The number of amides is 1. The molecular weight excluding hydrogens is 328 g/mol. The summed E-state index contributed by atoms with van der Waals surface area (Å²) < 4.78 is 0. The Bertz CT molecular complexity index is 696. The van der Waals surface area contributed by atoms with Crippen LogP contribution in [0.25, 0.3) is 0 Å². The highest BCUT2D eigenvalue weighted by molar-refractivity contribution is 7.12. The van der Waals surface area contributed by atoms with Crippen molar-refractivity contribution in [1.29, 1.82) is 0 Å². The molecule has 5 heteroatoms. The molecule has 1 atom stereocenters. The summed E-state index contributed by atoms with van der Waals surface area (Å²) in [6.07, 6.45) is 3.53. The monoisotopic (exact) mass is 348 g/mol. The first kappa shape index (κ1) is 16.5. The van der Waals surface area contributed by atoms with Crippen LogP contribution in [0.15, 0.2) is 35.7 Å². The van der Waals surface area contributed by atoms with Crippen molar-refractivity contribution in [3.8, 4) is 0 Å². The molecule has 2 N–H and O–H groups in total. The van der Waals surface area contributed by atoms with Crippen LogP contribution in [0, 0.1) is 0 Å². The Labute approximate surface area is 146 Å². The summed E-state index contributed by atoms with van der Waals surface area (Å²) in [5.74, 6) is 0.710. The van der Waals surface area contributed by atoms with Crippen molar-refractivity contribution in [3.63, 3.8) is 0 Å². The fourth-order valence-corrected chi connectivity index (χ4v) is 4.17. The Kier molecular flexibility index (Phi) is 5.05. The summed E-state index contributed by atoms with van der Waals surface area (Å²) in [6, 6.07) is 10.9. The highest BCUT2D eigenvalue weighted by Gasteiger charge is 2.29. The molecule has 1 fully saturated rings. The van der Waals surface area contributed by atoms with Gasteiger partial charge in [0.2, 0.25) is 0 Å². The van der Waals surface area contributed by atoms with Crippen LogP contribution in [-0.2, 0) is 6.42 Å². The van der Waals surface area contributed by atoms with E-state index in [1.165, 1.54) is 29.5 Å². The number of hydrogen-bond donors (Lipinski definition) is 2. The van der Waals surface area contributed by atoms with Crippen LogP contribution < -0.4 is 10.6 Å². The van der Waals surface area contributed by atoms with Gasteiger partial charge in [-0.2, -0.15) is 0 Å². The smallest absolute Gasteiger partial charge is 0.261 e. The largest absolute Gasteiger partial charge is 0.349 e. The van der Waals surface area contributed by atoms with Gasteiger partial charge >= 0.3 is 0 Å². The number of nitrogens with one attached hydrogen (secondary N) is 2. The van der Waals surface area contributed by atoms with Gasteiger partial charge in [0.1, 0.15) is 0 Å². The molecule has 0 saturated heterocycles. The van der Waals surface area contributed by atoms with Gasteiger partial charge < -0.3 is 10.6 Å². The quantitative estimate of drug-likeness (QED) is 0.885. The molecule has 1 unspecified atom stereocenters. The summed E-state index contributed by atoms with van der Waals surface area (Å²) >= 11 is 1.57. The van der Waals surface area contributed by atoms with Gasteiger partial charge in [-0.3, -0.25) is 4.79 Å². The number of fused-ring (bicyclic) bond motifs is 1. The van der Waals surface area contributed by atoms with E-state index in [0.717, 1.165) is 17.8 Å². The van der Waals surface area contributed by atoms with Crippen molar-refractivity contribution in [2.75, 3.05) is 13.1 Å². The lowest BCUT2D eigenvalue weighted by Crippen LogP contribution is -2.38. The van der Waals surface area contributed by atoms with Gasteiger partial charge in [0.05, 0.1) is 4.88 Å². The zero-order valence-corrected chi connectivity index (χ0v) is 14.5. The highest BCUT2D eigenvalue weighted by Crippen LogP contribution is 2.43. The molecule has 4 rings (SSSR count). The molecule has 2 aliphatic rings. The van der Waals surface area contributed by atoms with Gasteiger partial charge in [0, 0.05) is 12.6 Å². The lowest BCUT2D eigenvalue weighted by Gasteiger charge is -2.27. The fourth-order valence-electron chi connectivity index (χ4n) is 3.27. The van der Waals surface area contributed by atoms with E-state index in [1.807, 2.05) is 5.38 Å². The van der Waals surface area contributed by atoms with Crippen molar-refractivity contribution in [2.45, 2.75) is 31.2 Å². The molecule has 122 valence electrons. The minimum atomic E-state index is 0. The molecule has 3 nitrogen and oxygen atoms in total. The summed E-state index contributed by atoms with van der Waals surface area (Å²) in [5, 5.41) is 8.68. The van der Waals surface area contributed by atoms with E-state index in [2.05, 4.69) is 41.0 Å². The first-order chi connectivity index (χ1) is 10.8. The second kappa shape index (κ2) is 7.04. The first-order valence-electron chi connectivity index (χ1n) is 7.99. The maximum atomic E-state index is 12.5. The van der Waals surface area contributed by atoms with Crippen molar-refractivity contribution < 1.29 is 4.79 Å². The predicted octanol–water partition coefficient (Wildman–Crippen LogP) is 3.66. The summed E-state index contributed by atoms with van der Waals surface area (Å²) in [5.41, 5.74) is 3.97. The Hall–Kier alpha value is -1.36. The van der Waals surface area contributed by atoms with Gasteiger partial charge in [-0.25, -0.2) is 0 Å². The standard InChI is InChI=1S/C18H20N2OS.ClH/c21-18(17-15(8-10-22-17)13-5-6-13)20-11-16-14-4-2-1-3-12(14)7-9-19-16;/h1-4,8,10,13,16,19H,5-7,9,11H2,(H,20,21);1H. The molecule has 1 aromatic heterocycles. The number of rotatable bonds is 4. The number of carbonyl (C=O) groups excluding carboxylic acids is 1. The molecule has 0 bridgehead atoms. The fraction of sp³-hybridized carbons (Fsp3) is 0.389. The van der Waals surface area contributed by atoms with E-state index < -0.39 is 0 Å². The SMILES string of the molecule is Cl.O=C(NCC1NCCc2ccccc21)c1sccc1C1CC1. The number of carbonyl (C=O) groups is 1. The lowest BCUT2D eigenvalue weighted by molar-refractivity contribution is 0.0952. The zero-order chi connectivity index (χ0) is 14.9. The molecule has 0 spiro atoms. The Morgan fingerprint density at radius 3 is 2.87 bits per heavy atom. The van der Waals surface area contributed by atoms with Crippen LogP contribution in [-0.4, -0.2) is 19.0 Å². The summed E-state index contributed by atoms with van der Waals surface area (Å²) in [6.45, 7) is 1.63. The third kappa shape index (κ3) is 3.44. The van der Waals surface area contributed by atoms with E-state index in [-0.39, 0.29) is 24.4 Å². The van der Waals surface area contributed by atoms with Gasteiger partial charge in [-0.05, 0) is 59.9 Å². The van der Waals surface area contributed by atoms with Crippen LogP contribution >= 0.6 is 23.7 Å². The zero-order valence-electron chi connectivity index (χ0n) is 12.9. The minimum absolute atomic E-state index is 0. The molecule has 1 aliphatic carbocycles. The van der Waals surface area contributed by atoms with E-state index in [1.54, 1.807) is 11.3 Å². The van der Waals surface area contributed by atoms with Crippen molar-refractivity contribution in [2.24, 2.45) is 0 Å². The molecule has 2 heterocycles. The van der Waals surface area contributed by atoms with Crippen LogP contribution in [0.1, 0.15) is 51.2 Å². The average Bonchev–Trinajstić information content (AvgIpc) is 3.29. The normalized spacial score (nSPS) is 19.6. The maximum Gasteiger partial charge on any atom is 0.261 e. The molecule has 2 aromatic rings. The second-order valence-corrected chi connectivity index (χ2v) is 7.06. The molecule has 1 saturated carbocycles. The Balaban J connectivity index is 0.00000156. The third-order valence-electron chi connectivity index (χ3n) is 4.60. The molecule has 1 aliphatic heterocycles. The Morgan fingerprint density at radius 1 is 1.22 bits per heavy atom. The third-order valence-corrected chi connectivity index (χ3v) is 5.53.